The lowest BCUT2D eigenvalue weighted by atomic mass is 9.82. The van der Waals surface area contributed by atoms with Crippen LogP contribution in [-0.2, 0) is 11.2 Å². The summed E-state index contributed by atoms with van der Waals surface area (Å²) in [6.45, 7) is 1.25. The molecule has 1 saturated heterocycles. The van der Waals surface area contributed by atoms with Gasteiger partial charge in [-0.25, -0.2) is 0 Å². The number of hydrogen-bond donors (Lipinski definition) is 0. The zero-order chi connectivity index (χ0) is 19.8. The van der Waals surface area contributed by atoms with Crippen molar-refractivity contribution in [3.8, 4) is 5.75 Å². The van der Waals surface area contributed by atoms with Crippen LogP contribution in [0.4, 0.5) is 0 Å². The predicted octanol–water partition coefficient (Wildman–Crippen LogP) is 4.41. The molecule has 4 nitrogen and oxygen atoms in total. The molecule has 0 saturated carbocycles. The van der Waals surface area contributed by atoms with E-state index in [9.17, 15) is 9.59 Å². The minimum Gasteiger partial charge on any atom is -0.486 e. The van der Waals surface area contributed by atoms with Crippen LogP contribution < -0.4 is 4.74 Å². The first-order valence-electron chi connectivity index (χ1n) is 10.2. The molecule has 3 aromatic carbocycles. The standard InChI is InChI=1S/C25H23NO3/c27-22-17-25(29-23-11-4-3-10-21(22)23)12-14-26(15-13-25)24(28)16-19-8-5-7-18-6-1-2-9-20(18)19/h1-11H,12-17H2. The van der Waals surface area contributed by atoms with Crippen molar-refractivity contribution in [1.29, 1.82) is 0 Å². The van der Waals surface area contributed by atoms with Crippen molar-refractivity contribution in [3.05, 3.63) is 77.9 Å². The molecule has 2 aliphatic rings. The molecule has 0 N–H and O–H groups in total. The zero-order valence-electron chi connectivity index (χ0n) is 16.3. The van der Waals surface area contributed by atoms with Crippen LogP contribution in [0.15, 0.2) is 66.7 Å². The van der Waals surface area contributed by atoms with Crippen molar-refractivity contribution in [3.63, 3.8) is 0 Å². The lowest BCUT2D eigenvalue weighted by molar-refractivity contribution is -0.134. The van der Waals surface area contributed by atoms with Crippen LogP contribution in [0, 0.1) is 0 Å². The summed E-state index contributed by atoms with van der Waals surface area (Å²) in [7, 11) is 0. The van der Waals surface area contributed by atoms with Crippen LogP contribution in [0.25, 0.3) is 10.8 Å². The second-order valence-corrected chi connectivity index (χ2v) is 8.08. The van der Waals surface area contributed by atoms with Crippen LogP contribution in [0.3, 0.4) is 0 Å². The summed E-state index contributed by atoms with van der Waals surface area (Å²) in [6.07, 6.45) is 2.18. The topological polar surface area (TPSA) is 46.6 Å². The Bertz CT molecular complexity index is 1090. The van der Waals surface area contributed by atoms with Gasteiger partial charge in [0, 0.05) is 25.9 Å². The number of rotatable bonds is 2. The summed E-state index contributed by atoms with van der Waals surface area (Å²) in [5.74, 6) is 0.959. The van der Waals surface area contributed by atoms with Crippen molar-refractivity contribution in [2.24, 2.45) is 0 Å². The van der Waals surface area contributed by atoms with Crippen LogP contribution in [0.2, 0.25) is 0 Å². The fourth-order valence-corrected chi connectivity index (χ4v) is 4.61. The van der Waals surface area contributed by atoms with Crippen LogP contribution in [0.1, 0.15) is 35.2 Å². The minimum atomic E-state index is -0.471. The van der Waals surface area contributed by atoms with Crippen LogP contribution in [0.5, 0.6) is 5.75 Å². The fourth-order valence-electron chi connectivity index (χ4n) is 4.61. The molecule has 1 spiro atoms. The number of nitrogens with zero attached hydrogens (tertiary/aromatic N) is 1. The van der Waals surface area contributed by atoms with E-state index in [2.05, 4.69) is 18.2 Å². The average Bonchev–Trinajstić information content (AvgIpc) is 2.74. The molecule has 0 aromatic heterocycles. The highest BCUT2D eigenvalue weighted by molar-refractivity contribution is 6.00. The van der Waals surface area contributed by atoms with Gasteiger partial charge in [-0.1, -0.05) is 54.6 Å². The SMILES string of the molecule is O=C1CC2(CCN(C(=O)Cc3cccc4ccccc34)CC2)Oc2ccccc21. The number of amides is 1. The van der Waals surface area contributed by atoms with E-state index in [1.807, 2.05) is 53.4 Å². The molecule has 0 bridgehead atoms. The largest absolute Gasteiger partial charge is 0.486 e. The number of benzene rings is 3. The molecule has 3 aromatic rings. The first kappa shape index (κ1) is 17.9. The van der Waals surface area contributed by atoms with Gasteiger partial charge in [-0.2, -0.15) is 0 Å². The molecule has 0 radical (unpaired) electrons. The second-order valence-electron chi connectivity index (χ2n) is 8.08. The van der Waals surface area contributed by atoms with Gasteiger partial charge in [0.2, 0.25) is 5.91 Å². The molecule has 1 amide bonds. The molecule has 2 aliphatic heterocycles. The van der Waals surface area contributed by atoms with E-state index in [-0.39, 0.29) is 11.7 Å². The van der Waals surface area contributed by atoms with E-state index in [0.717, 1.165) is 16.3 Å². The Hall–Kier alpha value is -3.14. The fraction of sp³-hybridized carbons (Fsp3) is 0.280. The third-order valence-corrected chi connectivity index (χ3v) is 6.25. The first-order valence-corrected chi connectivity index (χ1v) is 10.2. The van der Waals surface area contributed by atoms with Crippen molar-refractivity contribution in [2.45, 2.75) is 31.3 Å². The van der Waals surface area contributed by atoms with Gasteiger partial charge in [0.25, 0.3) is 0 Å². The van der Waals surface area contributed by atoms with E-state index in [1.54, 1.807) is 0 Å². The van der Waals surface area contributed by atoms with E-state index >= 15 is 0 Å². The quantitative estimate of drug-likeness (QED) is 0.656. The van der Waals surface area contributed by atoms with Gasteiger partial charge in [0.1, 0.15) is 11.4 Å². The summed E-state index contributed by atoms with van der Waals surface area (Å²) >= 11 is 0. The van der Waals surface area contributed by atoms with Gasteiger partial charge < -0.3 is 9.64 Å². The van der Waals surface area contributed by atoms with E-state index < -0.39 is 5.60 Å². The van der Waals surface area contributed by atoms with Crippen molar-refractivity contribution < 1.29 is 14.3 Å². The molecule has 29 heavy (non-hydrogen) atoms. The highest BCUT2D eigenvalue weighted by Gasteiger charge is 2.43. The van der Waals surface area contributed by atoms with Crippen molar-refractivity contribution >= 4 is 22.5 Å². The molecule has 4 heteroatoms. The summed E-state index contributed by atoms with van der Waals surface area (Å²) in [6, 6.07) is 21.7. The number of Topliss-reactive ketones (excluding diaryl/α,β-unsaturated/α-hetero) is 1. The maximum absolute atomic E-state index is 13.0. The Morgan fingerprint density at radius 1 is 0.931 bits per heavy atom. The van der Waals surface area contributed by atoms with Gasteiger partial charge in [0.05, 0.1) is 18.4 Å². The normalized spacial score (nSPS) is 17.8. The van der Waals surface area contributed by atoms with Crippen molar-refractivity contribution in [1.82, 2.24) is 4.90 Å². The van der Waals surface area contributed by atoms with E-state index in [4.69, 9.17) is 4.74 Å². The maximum atomic E-state index is 13.0. The molecule has 146 valence electrons. The van der Waals surface area contributed by atoms with Gasteiger partial charge in [0.15, 0.2) is 5.78 Å². The Morgan fingerprint density at radius 3 is 2.52 bits per heavy atom. The van der Waals surface area contributed by atoms with Gasteiger partial charge in [-0.05, 0) is 28.5 Å². The molecule has 5 rings (SSSR count). The maximum Gasteiger partial charge on any atom is 0.227 e. The highest BCUT2D eigenvalue weighted by atomic mass is 16.5. The number of ketones is 1. The number of likely N-dealkylation sites (tertiary alicyclic amines) is 1. The lowest BCUT2D eigenvalue weighted by Crippen LogP contribution is -2.52. The molecule has 2 heterocycles. The number of para-hydroxylation sites is 1. The molecular formula is C25H23NO3. The summed E-state index contributed by atoms with van der Waals surface area (Å²) < 4.78 is 6.28. The molecule has 0 unspecified atom stereocenters. The van der Waals surface area contributed by atoms with Crippen LogP contribution in [-0.4, -0.2) is 35.3 Å². The Kier molecular flexibility index (Phi) is 4.35. The van der Waals surface area contributed by atoms with E-state index in [1.165, 1.54) is 0 Å². The summed E-state index contributed by atoms with van der Waals surface area (Å²) in [4.78, 5) is 27.5. The monoisotopic (exact) mass is 385 g/mol. The van der Waals surface area contributed by atoms with Gasteiger partial charge >= 0.3 is 0 Å². The second kappa shape index (κ2) is 7.03. The number of carbonyl (C=O) groups is 2. The minimum absolute atomic E-state index is 0.138. The Morgan fingerprint density at radius 2 is 1.66 bits per heavy atom. The van der Waals surface area contributed by atoms with Gasteiger partial charge in [-0.3, -0.25) is 9.59 Å². The molecule has 0 atom stereocenters. The Balaban J connectivity index is 1.28. The highest BCUT2D eigenvalue weighted by Crippen LogP contribution is 2.39. The number of carbonyl (C=O) groups excluding carboxylic acids is 2. The smallest absolute Gasteiger partial charge is 0.227 e. The zero-order valence-corrected chi connectivity index (χ0v) is 16.3. The third kappa shape index (κ3) is 3.29. The summed E-state index contributed by atoms with van der Waals surface area (Å²) in [5, 5.41) is 2.29. The third-order valence-electron chi connectivity index (χ3n) is 6.25. The summed E-state index contributed by atoms with van der Waals surface area (Å²) in [5.41, 5.74) is 1.26. The average molecular weight is 385 g/mol. The number of ether oxygens (including phenoxy) is 1. The Labute approximate surface area is 170 Å². The molecule has 0 aliphatic carbocycles. The molecular weight excluding hydrogens is 362 g/mol. The lowest BCUT2D eigenvalue weighted by Gasteiger charge is -2.44. The predicted molar refractivity (Wildman–Crippen MR) is 112 cm³/mol. The molecule has 1 fully saturated rings. The number of fused-ring (bicyclic) bond motifs is 2. The number of piperidine rings is 1. The van der Waals surface area contributed by atoms with Crippen LogP contribution >= 0.6 is 0 Å². The first-order chi connectivity index (χ1) is 14.1. The van der Waals surface area contributed by atoms with Gasteiger partial charge in [-0.15, -0.1) is 0 Å². The van der Waals surface area contributed by atoms with Crippen molar-refractivity contribution in [2.75, 3.05) is 13.1 Å². The van der Waals surface area contributed by atoms with E-state index in [0.29, 0.717) is 50.1 Å². The number of hydrogen-bond acceptors (Lipinski definition) is 3.